The van der Waals surface area contributed by atoms with Crippen LogP contribution in [-0.4, -0.2) is 22.5 Å². The van der Waals surface area contributed by atoms with E-state index in [0.717, 1.165) is 29.8 Å². The van der Waals surface area contributed by atoms with Crippen LogP contribution in [0.1, 0.15) is 38.3 Å². The standard InChI is InChI=1S/C22H23NO3/c1-21(2)15-22(3,16-9-5-4-6-10-16)17-11-7-8-12-18(17)23(21)19(24)13-14-20(25)26/h4-14H,15H2,1-3H3,(H,25,26)/b14-13+/t22-/m0/s1. The monoisotopic (exact) mass is 349 g/mol. The molecular formula is C22H23NO3. The van der Waals surface area contributed by atoms with Crippen LogP contribution in [0.15, 0.2) is 66.7 Å². The van der Waals surface area contributed by atoms with Gasteiger partial charge >= 0.3 is 5.97 Å². The highest BCUT2D eigenvalue weighted by molar-refractivity contribution is 6.06. The van der Waals surface area contributed by atoms with Gasteiger partial charge in [-0.15, -0.1) is 0 Å². The summed E-state index contributed by atoms with van der Waals surface area (Å²) in [4.78, 5) is 25.3. The number of hydrogen-bond acceptors (Lipinski definition) is 2. The van der Waals surface area contributed by atoms with Crippen LogP contribution in [0.4, 0.5) is 5.69 Å². The molecule has 1 aliphatic heterocycles. The number of carboxylic acids is 1. The number of hydrogen-bond donors (Lipinski definition) is 1. The number of amides is 1. The molecule has 2 aromatic carbocycles. The van der Waals surface area contributed by atoms with Gasteiger partial charge in [0, 0.05) is 28.8 Å². The van der Waals surface area contributed by atoms with Crippen LogP contribution in [0.2, 0.25) is 0 Å². The Morgan fingerprint density at radius 3 is 2.23 bits per heavy atom. The summed E-state index contributed by atoms with van der Waals surface area (Å²) in [5.41, 5.74) is 2.39. The first-order valence-electron chi connectivity index (χ1n) is 8.66. The molecule has 0 radical (unpaired) electrons. The molecular weight excluding hydrogens is 326 g/mol. The molecule has 0 aromatic heterocycles. The lowest BCUT2D eigenvalue weighted by atomic mass is 9.65. The summed E-state index contributed by atoms with van der Waals surface area (Å²) in [6.45, 7) is 6.26. The Kier molecular flexibility index (Phi) is 4.45. The highest BCUT2D eigenvalue weighted by Gasteiger charge is 2.47. The molecule has 0 unspecified atom stereocenters. The average Bonchev–Trinajstić information content (AvgIpc) is 2.60. The third-order valence-corrected chi connectivity index (χ3v) is 5.13. The van der Waals surface area contributed by atoms with Crippen LogP contribution >= 0.6 is 0 Å². The van der Waals surface area contributed by atoms with Gasteiger partial charge in [0.2, 0.25) is 0 Å². The maximum atomic E-state index is 12.8. The molecule has 0 fully saturated rings. The van der Waals surface area contributed by atoms with E-state index in [4.69, 9.17) is 5.11 Å². The summed E-state index contributed by atoms with van der Waals surface area (Å²) in [7, 11) is 0. The summed E-state index contributed by atoms with van der Waals surface area (Å²) >= 11 is 0. The maximum Gasteiger partial charge on any atom is 0.328 e. The van der Waals surface area contributed by atoms with Gasteiger partial charge in [-0.1, -0.05) is 55.5 Å². The molecule has 1 aliphatic rings. The van der Waals surface area contributed by atoms with E-state index in [9.17, 15) is 9.59 Å². The Morgan fingerprint density at radius 2 is 1.58 bits per heavy atom. The van der Waals surface area contributed by atoms with Crippen LogP contribution in [0, 0.1) is 0 Å². The first-order valence-corrected chi connectivity index (χ1v) is 8.66. The lowest BCUT2D eigenvalue weighted by Crippen LogP contribution is -2.55. The van der Waals surface area contributed by atoms with Gasteiger partial charge in [-0.3, -0.25) is 4.79 Å². The molecule has 3 rings (SSSR count). The Balaban J connectivity index is 2.17. The summed E-state index contributed by atoms with van der Waals surface area (Å²) in [6.07, 6.45) is 2.76. The number of carbonyl (C=O) groups is 2. The minimum Gasteiger partial charge on any atom is -0.478 e. The zero-order chi connectivity index (χ0) is 18.9. The molecule has 0 saturated heterocycles. The van der Waals surface area contributed by atoms with Crippen LogP contribution in [0.5, 0.6) is 0 Å². The van der Waals surface area contributed by atoms with Crippen molar-refractivity contribution in [1.82, 2.24) is 0 Å². The van der Waals surface area contributed by atoms with E-state index >= 15 is 0 Å². The molecule has 1 heterocycles. The van der Waals surface area contributed by atoms with Gasteiger partial charge in [-0.2, -0.15) is 0 Å². The zero-order valence-corrected chi connectivity index (χ0v) is 15.3. The van der Waals surface area contributed by atoms with Gasteiger partial charge < -0.3 is 10.0 Å². The van der Waals surface area contributed by atoms with Crippen molar-refractivity contribution in [1.29, 1.82) is 0 Å². The first kappa shape index (κ1) is 17.9. The average molecular weight is 349 g/mol. The van der Waals surface area contributed by atoms with E-state index in [1.54, 1.807) is 4.90 Å². The fourth-order valence-electron chi connectivity index (χ4n) is 4.20. The molecule has 4 nitrogen and oxygen atoms in total. The highest BCUT2D eigenvalue weighted by atomic mass is 16.4. The summed E-state index contributed by atoms with van der Waals surface area (Å²) in [5.74, 6) is -1.45. The van der Waals surface area contributed by atoms with E-state index in [2.05, 4.69) is 25.1 Å². The second kappa shape index (κ2) is 6.45. The summed E-state index contributed by atoms with van der Waals surface area (Å²) in [5, 5.41) is 8.86. The third-order valence-electron chi connectivity index (χ3n) is 5.13. The Morgan fingerprint density at radius 1 is 0.962 bits per heavy atom. The van der Waals surface area contributed by atoms with E-state index in [-0.39, 0.29) is 11.3 Å². The van der Waals surface area contributed by atoms with Crippen molar-refractivity contribution in [3.63, 3.8) is 0 Å². The minimum absolute atomic E-state index is 0.241. The van der Waals surface area contributed by atoms with E-state index in [1.807, 2.05) is 50.2 Å². The van der Waals surface area contributed by atoms with Gasteiger partial charge in [-0.25, -0.2) is 4.79 Å². The number of aliphatic carboxylic acids is 1. The molecule has 0 bridgehead atoms. The minimum atomic E-state index is -1.13. The summed E-state index contributed by atoms with van der Waals surface area (Å²) < 4.78 is 0. The smallest absolute Gasteiger partial charge is 0.328 e. The molecule has 0 spiro atoms. The number of benzene rings is 2. The first-order chi connectivity index (χ1) is 12.3. The maximum absolute atomic E-state index is 12.8. The van der Waals surface area contributed by atoms with Gasteiger partial charge in [0.25, 0.3) is 5.91 Å². The molecule has 2 aromatic rings. The molecule has 0 saturated carbocycles. The van der Waals surface area contributed by atoms with E-state index < -0.39 is 11.5 Å². The second-order valence-corrected chi connectivity index (χ2v) is 7.55. The molecule has 0 aliphatic carbocycles. The fourth-order valence-corrected chi connectivity index (χ4v) is 4.20. The van der Waals surface area contributed by atoms with E-state index in [1.165, 1.54) is 5.56 Å². The lowest BCUT2D eigenvalue weighted by Gasteiger charge is -2.51. The third kappa shape index (κ3) is 3.03. The predicted molar refractivity (Wildman–Crippen MR) is 102 cm³/mol. The van der Waals surface area contributed by atoms with Gasteiger partial charge in [0.1, 0.15) is 0 Å². The predicted octanol–water partition coefficient (Wildman–Crippen LogP) is 4.15. The van der Waals surface area contributed by atoms with Crippen LogP contribution in [0.25, 0.3) is 0 Å². The largest absolute Gasteiger partial charge is 0.478 e. The summed E-state index contributed by atoms with van der Waals surface area (Å²) in [6, 6.07) is 18.2. The zero-order valence-electron chi connectivity index (χ0n) is 15.3. The number of fused-ring (bicyclic) bond motifs is 1. The Labute approximate surface area is 153 Å². The van der Waals surface area contributed by atoms with Crippen molar-refractivity contribution in [3.05, 3.63) is 77.9 Å². The van der Waals surface area contributed by atoms with E-state index in [0.29, 0.717) is 0 Å². The molecule has 26 heavy (non-hydrogen) atoms. The van der Waals surface area contributed by atoms with Gasteiger partial charge in [0.15, 0.2) is 0 Å². The normalized spacial score (nSPS) is 21.4. The lowest BCUT2D eigenvalue weighted by molar-refractivity contribution is -0.131. The molecule has 1 N–H and O–H groups in total. The quantitative estimate of drug-likeness (QED) is 0.847. The Bertz CT molecular complexity index is 870. The molecule has 1 atom stereocenters. The topological polar surface area (TPSA) is 57.6 Å². The van der Waals surface area contributed by atoms with Crippen LogP contribution < -0.4 is 4.90 Å². The van der Waals surface area contributed by atoms with Crippen molar-refractivity contribution >= 4 is 17.6 Å². The molecule has 4 heteroatoms. The van der Waals surface area contributed by atoms with Crippen molar-refractivity contribution in [2.45, 2.75) is 38.1 Å². The van der Waals surface area contributed by atoms with Crippen LogP contribution in [0.3, 0.4) is 0 Å². The molecule has 1 amide bonds. The van der Waals surface area contributed by atoms with Gasteiger partial charge in [-0.05, 0) is 37.5 Å². The SMILES string of the molecule is CC1(C)C[C@@](C)(c2ccccc2)c2ccccc2N1C(=O)/C=C/C(=O)O. The van der Waals surface area contributed by atoms with Crippen molar-refractivity contribution < 1.29 is 14.7 Å². The van der Waals surface area contributed by atoms with Gasteiger partial charge in [0.05, 0.1) is 0 Å². The number of anilines is 1. The number of carboxylic acid groups (broad SMARTS) is 1. The van der Waals surface area contributed by atoms with Crippen molar-refractivity contribution in [3.8, 4) is 0 Å². The Hall–Kier alpha value is -2.88. The second-order valence-electron chi connectivity index (χ2n) is 7.55. The van der Waals surface area contributed by atoms with Crippen molar-refractivity contribution in [2.75, 3.05) is 4.90 Å². The molecule has 134 valence electrons. The van der Waals surface area contributed by atoms with Crippen LogP contribution in [-0.2, 0) is 15.0 Å². The number of nitrogens with zero attached hydrogens (tertiary/aromatic N) is 1. The number of rotatable bonds is 3. The number of para-hydroxylation sites is 1. The van der Waals surface area contributed by atoms with Crippen molar-refractivity contribution in [2.24, 2.45) is 0 Å². The fraction of sp³-hybridized carbons (Fsp3) is 0.273. The highest BCUT2D eigenvalue weighted by Crippen LogP contribution is 2.50. The number of carbonyl (C=O) groups excluding carboxylic acids is 1.